The van der Waals surface area contributed by atoms with Gasteiger partial charge in [-0.25, -0.2) is 0 Å². The molecule has 0 saturated heterocycles. The summed E-state index contributed by atoms with van der Waals surface area (Å²) in [5, 5.41) is 10.5. The van der Waals surface area contributed by atoms with E-state index in [0.717, 1.165) is 23.1 Å². The van der Waals surface area contributed by atoms with Crippen LogP contribution >= 0.6 is 0 Å². The van der Waals surface area contributed by atoms with E-state index in [9.17, 15) is 5.11 Å². The summed E-state index contributed by atoms with van der Waals surface area (Å²) in [7, 11) is 0. The van der Waals surface area contributed by atoms with Crippen molar-refractivity contribution >= 4 is 0 Å². The lowest BCUT2D eigenvalue weighted by Gasteiger charge is -2.10. The maximum absolute atomic E-state index is 10.5. The van der Waals surface area contributed by atoms with Gasteiger partial charge in [0.1, 0.15) is 5.75 Å². The zero-order valence-corrected chi connectivity index (χ0v) is 11.2. The van der Waals surface area contributed by atoms with Crippen molar-refractivity contribution in [3.63, 3.8) is 0 Å². The van der Waals surface area contributed by atoms with Crippen molar-refractivity contribution in [1.82, 2.24) is 0 Å². The molecule has 0 spiro atoms. The highest BCUT2D eigenvalue weighted by Crippen LogP contribution is 2.33. The van der Waals surface area contributed by atoms with Crippen molar-refractivity contribution in [3.05, 3.63) is 90.0 Å². The van der Waals surface area contributed by atoms with Gasteiger partial charge < -0.3 is 5.11 Å². The van der Waals surface area contributed by atoms with Gasteiger partial charge in [-0.3, -0.25) is 0 Å². The van der Waals surface area contributed by atoms with Gasteiger partial charge >= 0.3 is 0 Å². The number of phenolic OH excluding ortho intramolecular Hbond substituents is 1. The molecule has 3 aromatic rings. The zero-order valence-electron chi connectivity index (χ0n) is 11.2. The van der Waals surface area contributed by atoms with Crippen LogP contribution in [0.15, 0.2) is 78.9 Å². The quantitative estimate of drug-likeness (QED) is 0.726. The number of hydrogen-bond donors (Lipinski definition) is 1. The first kappa shape index (κ1) is 12.5. The van der Waals surface area contributed by atoms with Gasteiger partial charge in [0.15, 0.2) is 0 Å². The minimum Gasteiger partial charge on any atom is -0.507 e. The molecule has 0 amide bonds. The molecule has 0 aliphatic carbocycles. The molecule has 0 radical (unpaired) electrons. The zero-order chi connectivity index (χ0) is 13.8. The second-order valence-electron chi connectivity index (χ2n) is 4.84. The third kappa shape index (κ3) is 2.57. The number of hydrogen-bond acceptors (Lipinski definition) is 1. The molecule has 0 atom stereocenters. The molecule has 3 rings (SSSR count). The average molecular weight is 260 g/mol. The molecule has 0 aliphatic rings. The van der Waals surface area contributed by atoms with Crippen LogP contribution in [0.25, 0.3) is 11.1 Å². The van der Waals surface area contributed by atoms with Crippen LogP contribution in [-0.4, -0.2) is 5.11 Å². The molecule has 0 fully saturated rings. The van der Waals surface area contributed by atoms with E-state index in [-0.39, 0.29) is 0 Å². The van der Waals surface area contributed by atoms with E-state index in [2.05, 4.69) is 12.1 Å². The van der Waals surface area contributed by atoms with Gasteiger partial charge in [0.05, 0.1) is 0 Å². The molecule has 0 aliphatic heterocycles. The van der Waals surface area contributed by atoms with E-state index in [4.69, 9.17) is 0 Å². The Hall–Kier alpha value is -2.54. The molecule has 20 heavy (non-hydrogen) atoms. The van der Waals surface area contributed by atoms with Crippen LogP contribution in [-0.2, 0) is 6.42 Å². The Balaban J connectivity index is 1.98. The second-order valence-corrected chi connectivity index (χ2v) is 4.84. The highest BCUT2D eigenvalue weighted by atomic mass is 16.3. The Bertz CT molecular complexity index is 687. The summed E-state index contributed by atoms with van der Waals surface area (Å²) in [6.45, 7) is 0. The minimum atomic E-state index is 0.377. The predicted molar refractivity (Wildman–Crippen MR) is 82.8 cm³/mol. The molecule has 0 unspecified atom stereocenters. The summed E-state index contributed by atoms with van der Waals surface area (Å²) in [6.07, 6.45) is 0.743. The Kier molecular flexibility index (Phi) is 3.51. The molecular formula is C19H16O. The van der Waals surface area contributed by atoms with Crippen LogP contribution in [0.4, 0.5) is 0 Å². The number of aromatic hydroxyl groups is 1. The average Bonchev–Trinajstić information content (AvgIpc) is 2.51. The summed E-state index contributed by atoms with van der Waals surface area (Å²) in [5.41, 5.74) is 4.09. The Morgan fingerprint density at radius 1 is 0.650 bits per heavy atom. The van der Waals surface area contributed by atoms with Crippen molar-refractivity contribution in [3.8, 4) is 16.9 Å². The topological polar surface area (TPSA) is 20.2 Å². The number of benzene rings is 3. The first-order chi connectivity index (χ1) is 9.84. The van der Waals surface area contributed by atoms with E-state index in [1.54, 1.807) is 0 Å². The Morgan fingerprint density at radius 2 is 1.30 bits per heavy atom. The van der Waals surface area contributed by atoms with Gasteiger partial charge in [-0.1, -0.05) is 78.9 Å². The summed E-state index contributed by atoms with van der Waals surface area (Å²) >= 11 is 0. The van der Waals surface area contributed by atoms with Crippen LogP contribution < -0.4 is 0 Å². The summed E-state index contributed by atoms with van der Waals surface area (Å²) in [4.78, 5) is 0. The monoisotopic (exact) mass is 260 g/mol. The van der Waals surface area contributed by atoms with Crippen molar-refractivity contribution in [1.29, 1.82) is 0 Å². The van der Waals surface area contributed by atoms with E-state index in [0.29, 0.717) is 5.75 Å². The third-order valence-electron chi connectivity index (χ3n) is 3.44. The predicted octanol–water partition coefficient (Wildman–Crippen LogP) is 4.65. The van der Waals surface area contributed by atoms with Crippen LogP contribution in [0.1, 0.15) is 11.1 Å². The number of phenols is 1. The first-order valence-corrected chi connectivity index (χ1v) is 6.75. The molecule has 0 aromatic heterocycles. The van der Waals surface area contributed by atoms with Crippen LogP contribution in [0.2, 0.25) is 0 Å². The van der Waals surface area contributed by atoms with Gasteiger partial charge in [-0.05, 0) is 16.7 Å². The summed E-state index contributed by atoms with van der Waals surface area (Å²) in [6, 6.07) is 26.1. The fourth-order valence-corrected chi connectivity index (χ4v) is 2.40. The summed E-state index contributed by atoms with van der Waals surface area (Å²) in [5.74, 6) is 0.377. The van der Waals surface area contributed by atoms with Crippen molar-refractivity contribution in [2.24, 2.45) is 0 Å². The molecule has 1 N–H and O–H groups in total. The lowest BCUT2D eigenvalue weighted by Crippen LogP contribution is -1.90. The van der Waals surface area contributed by atoms with Crippen molar-refractivity contribution in [2.75, 3.05) is 0 Å². The minimum absolute atomic E-state index is 0.377. The van der Waals surface area contributed by atoms with Crippen LogP contribution in [0, 0.1) is 0 Å². The van der Waals surface area contributed by atoms with E-state index in [1.165, 1.54) is 5.56 Å². The first-order valence-electron chi connectivity index (χ1n) is 6.75. The van der Waals surface area contributed by atoms with Gasteiger partial charge in [-0.15, -0.1) is 0 Å². The summed E-state index contributed by atoms with van der Waals surface area (Å²) < 4.78 is 0. The molecule has 0 saturated carbocycles. The normalized spacial score (nSPS) is 10.4. The Labute approximate surface area is 119 Å². The van der Waals surface area contributed by atoms with Gasteiger partial charge in [0.2, 0.25) is 0 Å². The van der Waals surface area contributed by atoms with Crippen LogP contribution in [0.3, 0.4) is 0 Å². The van der Waals surface area contributed by atoms with Gasteiger partial charge in [0, 0.05) is 12.0 Å². The fraction of sp³-hybridized carbons (Fsp3) is 0.0526. The van der Waals surface area contributed by atoms with Gasteiger partial charge in [0.25, 0.3) is 0 Å². The molecule has 3 aromatic carbocycles. The SMILES string of the molecule is Oc1c(Cc2ccccc2)cccc1-c1ccccc1. The number of para-hydroxylation sites is 1. The highest BCUT2D eigenvalue weighted by Gasteiger charge is 2.08. The fourth-order valence-electron chi connectivity index (χ4n) is 2.40. The van der Waals surface area contributed by atoms with Gasteiger partial charge in [-0.2, -0.15) is 0 Å². The van der Waals surface area contributed by atoms with Crippen LogP contribution in [0.5, 0.6) is 5.75 Å². The molecule has 1 heteroatoms. The van der Waals surface area contributed by atoms with Crippen molar-refractivity contribution in [2.45, 2.75) is 6.42 Å². The van der Waals surface area contributed by atoms with E-state index in [1.807, 2.05) is 66.7 Å². The molecule has 0 bridgehead atoms. The maximum atomic E-state index is 10.5. The molecule has 1 nitrogen and oxygen atoms in total. The maximum Gasteiger partial charge on any atom is 0.126 e. The molecule has 0 heterocycles. The lowest BCUT2D eigenvalue weighted by molar-refractivity contribution is 0.471. The third-order valence-corrected chi connectivity index (χ3v) is 3.44. The number of rotatable bonds is 3. The highest BCUT2D eigenvalue weighted by molar-refractivity contribution is 5.71. The molecule has 98 valence electrons. The largest absolute Gasteiger partial charge is 0.507 e. The smallest absolute Gasteiger partial charge is 0.126 e. The molecular weight excluding hydrogens is 244 g/mol. The second kappa shape index (κ2) is 5.62. The van der Waals surface area contributed by atoms with E-state index < -0.39 is 0 Å². The standard InChI is InChI=1S/C19H16O/c20-19-17(14-15-8-3-1-4-9-15)12-7-13-18(19)16-10-5-2-6-11-16/h1-13,20H,14H2. The van der Waals surface area contributed by atoms with E-state index >= 15 is 0 Å². The van der Waals surface area contributed by atoms with Crippen molar-refractivity contribution < 1.29 is 5.11 Å². The Morgan fingerprint density at radius 3 is 2.00 bits per heavy atom. The lowest BCUT2D eigenvalue weighted by atomic mass is 9.97.